The number of non-ortho nitro benzene ring substituents is 1. The number of benzene rings is 2. The van der Waals surface area contributed by atoms with E-state index in [1.165, 1.54) is 6.92 Å². The van der Waals surface area contributed by atoms with Gasteiger partial charge in [-0.25, -0.2) is 4.98 Å². The molecule has 0 aliphatic carbocycles. The van der Waals surface area contributed by atoms with Gasteiger partial charge in [0.25, 0.3) is 5.69 Å². The Balaban J connectivity index is 2.17. The summed E-state index contributed by atoms with van der Waals surface area (Å²) < 4.78 is 40.7. The molecule has 35 heavy (non-hydrogen) atoms. The molecule has 0 atom stereocenters. The summed E-state index contributed by atoms with van der Waals surface area (Å²) in [6.07, 6.45) is -5.23. The van der Waals surface area contributed by atoms with Gasteiger partial charge in [0, 0.05) is 17.3 Å². The maximum atomic E-state index is 13.6. The van der Waals surface area contributed by atoms with Crippen LogP contribution in [0.5, 0.6) is 0 Å². The van der Waals surface area contributed by atoms with Gasteiger partial charge < -0.3 is 11.1 Å². The number of aromatic nitrogens is 1. The van der Waals surface area contributed by atoms with E-state index < -0.39 is 38.6 Å². The van der Waals surface area contributed by atoms with Gasteiger partial charge in [-0.1, -0.05) is 18.2 Å². The Morgan fingerprint density at radius 3 is 2.26 bits per heavy atom. The maximum Gasteiger partial charge on any atom is 0.419 e. The van der Waals surface area contributed by atoms with Crippen molar-refractivity contribution in [3.05, 3.63) is 79.4 Å². The van der Waals surface area contributed by atoms with Crippen molar-refractivity contribution in [2.45, 2.75) is 13.1 Å². The predicted molar refractivity (Wildman–Crippen MR) is 117 cm³/mol. The van der Waals surface area contributed by atoms with Crippen molar-refractivity contribution >= 4 is 40.1 Å². The minimum atomic E-state index is -5.23. The summed E-state index contributed by atoms with van der Waals surface area (Å²) in [4.78, 5) is 23.9. The molecule has 3 N–H and O–H groups in total. The average molecular weight is 486 g/mol. The summed E-state index contributed by atoms with van der Waals surface area (Å²) in [5, 5.41) is 41.8. The maximum absolute atomic E-state index is 13.6. The zero-order chi connectivity index (χ0) is 25.9. The average Bonchev–Trinajstić information content (AvgIpc) is 2.78. The number of nitrogen functional groups attached to an aromatic ring is 1. The smallest absolute Gasteiger partial charge is 0.382 e. The summed E-state index contributed by atoms with van der Waals surface area (Å²) in [5.41, 5.74) is 0.742. The fourth-order valence-corrected chi connectivity index (χ4v) is 3.00. The topological polar surface area (TPSA) is 186 Å². The van der Waals surface area contributed by atoms with E-state index in [-0.39, 0.29) is 34.5 Å². The molecule has 0 bridgehead atoms. The molecule has 2 aromatic carbocycles. The largest absolute Gasteiger partial charge is 0.419 e. The SMILES string of the molecule is Cc1c(C#N)c(Nc2ccccc2)nc(N)c1N=Nc1c([N+](=O)[O-])cc([N+](=O)[O-])cc1C(F)(F)F. The molecule has 15 heteroatoms. The van der Waals surface area contributed by atoms with Crippen LogP contribution in [-0.2, 0) is 6.18 Å². The number of hydrogen-bond donors (Lipinski definition) is 2. The highest BCUT2D eigenvalue weighted by molar-refractivity contribution is 5.76. The van der Waals surface area contributed by atoms with Gasteiger partial charge in [0.2, 0.25) is 0 Å². The molecule has 0 spiro atoms. The Morgan fingerprint density at radius 1 is 1.09 bits per heavy atom. The monoisotopic (exact) mass is 486 g/mol. The number of halogens is 3. The van der Waals surface area contributed by atoms with Crippen LogP contribution >= 0.6 is 0 Å². The van der Waals surface area contributed by atoms with Crippen molar-refractivity contribution < 1.29 is 23.0 Å². The van der Waals surface area contributed by atoms with E-state index in [9.17, 15) is 38.7 Å². The normalized spacial score (nSPS) is 11.3. The number of pyridine rings is 1. The number of nitrogens with two attached hydrogens (primary N) is 1. The summed E-state index contributed by atoms with van der Waals surface area (Å²) in [5.74, 6) is -0.285. The summed E-state index contributed by atoms with van der Waals surface area (Å²) in [6.45, 7) is 1.38. The predicted octanol–water partition coefficient (Wildman–Crippen LogP) is 5.84. The third kappa shape index (κ3) is 5.11. The van der Waals surface area contributed by atoms with Crippen LogP contribution in [0.1, 0.15) is 16.7 Å². The van der Waals surface area contributed by atoms with Crippen LogP contribution in [0.25, 0.3) is 0 Å². The van der Waals surface area contributed by atoms with Gasteiger partial charge in [-0.05, 0) is 19.1 Å². The number of nitrogens with zero attached hydrogens (tertiary/aromatic N) is 6. The van der Waals surface area contributed by atoms with Crippen molar-refractivity contribution in [3.63, 3.8) is 0 Å². The molecule has 0 radical (unpaired) electrons. The molecule has 0 fully saturated rings. The van der Waals surface area contributed by atoms with E-state index in [2.05, 4.69) is 20.5 Å². The molecular weight excluding hydrogens is 473 g/mol. The van der Waals surface area contributed by atoms with Gasteiger partial charge in [-0.15, -0.1) is 10.2 Å². The lowest BCUT2D eigenvalue weighted by molar-refractivity contribution is -0.394. The molecule has 0 amide bonds. The minimum Gasteiger partial charge on any atom is -0.382 e. The van der Waals surface area contributed by atoms with Crippen LogP contribution in [0.3, 0.4) is 0 Å². The molecule has 1 heterocycles. The molecule has 3 aromatic rings. The number of nitrogens with one attached hydrogen (secondary N) is 1. The zero-order valence-electron chi connectivity index (χ0n) is 17.6. The van der Waals surface area contributed by atoms with Crippen LogP contribution < -0.4 is 11.1 Å². The number of para-hydroxylation sites is 1. The van der Waals surface area contributed by atoms with Crippen LogP contribution in [0.15, 0.2) is 52.7 Å². The number of alkyl halides is 3. The third-order valence-electron chi connectivity index (χ3n) is 4.63. The van der Waals surface area contributed by atoms with Gasteiger partial charge in [0.15, 0.2) is 17.3 Å². The second-order valence-corrected chi connectivity index (χ2v) is 6.87. The van der Waals surface area contributed by atoms with E-state index in [0.29, 0.717) is 11.8 Å². The van der Waals surface area contributed by atoms with Crippen molar-refractivity contribution in [2.75, 3.05) is 11.1 Å². The summed E-state index contributed by atoms with van der Waals surface area (Å²) in [6, 6.07) is 10.9. The number of nitro benzene ring substituents is 2. The summed E-state index contributed by atoms with van der Waals surface area (Å²) in [7, 11) is 0. The van der Waals surface area contributed by atoms with E-state index in [0.717, 1.165) is 0 Å². The number of nitro groups is 2. The minimum absolute atomic E-state index is 0.0462. The molecule has 0 aliphatic heterocycles. The lowest BCUT2D eigenvalue weighted by Gasteiger charge is -2.13. The molecule has 0 aliphatic rings. The van der Waals surface area contributed by atoms with Crippen LogP contribution in [-0.4, -0.2) is 14.8 Å². The second-order valence-electron chi connectivity index (χ2n) is 6.87. The Kier molecular flexibility index (Phi) is 6.58. The summed E-state index contributed by atoms with van der Waals surface area (Å²) >= 11 is 0. The standard InChI is InChI=1S/C20H13F3N8O4/c1-10-13(9-24)19(26-11-5-3-2-4-6-11)27-18(25)16(10)28-29-17-14(20(21,22)23)7-12(30(32)33)8-15(17)31(34)35/h2-8H,1H3,(H3,25,26,27). The highest BCUT2D eigenvalue weighted by Gasteiger charge is 2.40. The van der Waals surface area contributed by atoms with Crippen LogP contribution in [0, 0.1) is 38.5 Å². The van der Waals surface area contributed by atoms with Crippen molar-refractivity contribution in [3.8, 4) is 6.07 Å². The van der Waals surface area contributed by atoms with Crippen molar-refractivity contribution in [1.29, 1.82) is 5.26 Å². The van der Waals surface area contributed by atoms with Crippen molar-refractivity contribution in [2.24, 2.45) is 10.2 Å². The molecule has 178 valence electrons. The van der Waals surface area contributed by atoms with E-state index in [1.54, 1.807) is 30.3 Å². The van der Waals surface area contributed by atoms with E-state index in [4.69, 9.17) is 5.73 Å². The molecule has 3 rings (SSSR count). The first kappa shape index (κ1) is 24.5. The number of rotatable bonds is 6. The lowest BCUT2D eigenvalue weighted by Crippen LogP contribution is -2.08. The zero-order valence-corrected chi connectivity index (χ0v) is 17.6. The Bertz CT molecular complexity index is 1400. The number of hydrogen-bond acceptors (Lipinski definition) is 10. The number of nitriles is 1. The van der Waals surface area contributed by atoms with Crippen molar-refractivity contribution in [1.82, 2.24) is 4.98 Å². The van der Waals surface area contributed by atoms with Gasteiger partial charge in [0.1, 0.15) is 11.8 Å². The Morgan fingerprint density at radius 2 is 1.71 bits per heavy atom. The van der Waals surface area contributed by atoms with Gasteiger partial charge in [0.05, 0.1) is 27.0 Å². The van der Waals surface area contributed by atoms with Crippen LogP contribution in [0.4, 0.5) is 53.2 Å². The van der Waals surface area contributed by atoms with Gasteiger partial charge in [-0.2, -0.15) is 18.4 Å². The van der Waals surface area contributed by atoms with Crippen LogP contribution in [0.2, 0.25) is 0 Å². The number of azo groups is 1. The molecule has 0 unspecified atom stereocenters. The fourth-order valence-electron chi connectivity index (χ4n) is 3.00. The van der Waals surface area contributed by atoms with Gasteiger partial charge in [-0.3, -0.25) is 20.2 Å². The highest BCUT2D eigenvalue weighted by Crippen LogP contribution is 2.45. The fraction of sp³-hybridized carbons (Fsp3) is 0.100. The highest BCUT2D eigenvalue weighted by atomic mass is 19.4. The Hall–Kier alpha value is -5.13. The van der Waals surface area contributed by atoms with E-state index in [1.807, 2.05) is 6.07 Å². The molecule has 0 saturated heterocycles. The first-order valence-corrected chi connectivity index (χ1v) is 9.42. The number of anilines is 3. The Labute approximate surface area is 193 Å². The molecule has 0 saturated carbocycles. The molecule has 12 nitrogen and oxygen atoms in total. The molecule has 1 aromatic heterocycles. The lowest BCUT2D eigenvalue weighted by atomic mass is 10.1. The second kappa shape index (κ2) is 9.39. The molecular formula is C20H13F3N8O4. The third-order valence-corrected chi connectivity index (χ3v) is 4.63. The quantitative estimate of drug-likeness (QED) is 0.247. The first-order valence-electron chi connectivity index (χ1n) is 9.42. The van der Waals surface area contributed by atoms with Gasteiger partial charge >= 0.3 is 11.9 Å². The van der Waals surface area contributed by atoms with E-state index >= 15 is 0 Å². The first-order chi connectivity index (χ1) is 16.4.